The van der Waals surface area contributed by atoms with E-state index < -0.39 is 5.54 Å². The molecule has 25 heavy (non-hydrogen) atoms. The SMILES string of the molecule is COc1c(C2CCCN2CC(=O)NC2(C#N)CCCC2)c(C)nn1C. The van der Waals surface area contributed by atoms with Gasteiger partial charge in [-0.1, -0.05) is 0 Å². The van der Waals surface area contributed by atoms with E-state index in [-0.39, 0.29) is 11.9 Å². The number of nitrogens with one attached hydrogen (secondary N) is 1. The number of ether oxygens (including phenoxy) is 1. The van der Waals surface area contributed by atoms with Gasteiger partial charge in [-0.3, -0.25) is 9.69 Å². The molecule has 2 aliphatic rings. The van der Waals surface area contributed by atoms with Gasteiger partial charge in [-0.15, -0.1) is 0 Å². The van der Waals surface area contributed by atoms with Crippen LogP contribution in [0.1, 0.15) is 55.8 Å². The summed E-state index contributed by atoms with van der Waals surface area (Å²) in [5.41, 5.74) is 1.36. The Bertz CT molecular complexity index is 684. The quantitative estimate of drug-likeness (QED) is 0.880. The number of hydrogen-bond acceptors (Lipinski definition) is 5. The third-order valence-corrected chi connectivity index (χ3v) is 5.50. The van der Waals surface area contributed by atoms with E-state index >= 15 is 0 Å². The number of carbonyl (C=O) groups excluding carboxylic acids is 1. The fourth-order valence-electron chi connectivity index (χ4n) is 4.36. The molecule has 1 N–H and O–H groups in total. The second-order valence-corrected chi connectivity index (χ2v) is 7.21. The Morgan fingerprint density at radius 2 is 2.16 bits per heavy atom. The molecule has 0 radical (unpaired) electrons. The van der Waals surface area contributed by atoms with Crippen LogP contribution in [0.15, 0.2) is 0 Å². The molecule has 1 aliphatic heterocycles. The average molecular weight is 345 g/mol. The van der Waals surface area contributed by atoms with Crippen molar-refractivity contribution in [3.63, 3.8) is 0 Å². The van der Waals surface area contributed by atoms with Gasteiger partial charge in [0.1, 0.15) is 5.54 Å². The fraction of sp³-hybridized carbons (Fsp3) is 0.722. The Morgan fingerprint density at radius 3 is 2.80 bits per heavy atom. The first-order chi connectivity index (χ1) is 12.0. The summed E-state index contributed by atoms with van der Waals surface area (Å²) in [6.07, 6.45) is 5.55. The lowest BCUT2D eigenvalue weighted by Gasteiger charge is -2.27. The molecular formula is C18H27N5O2. The molecule has 1 unspecified atom stereocenters. The Balaban J connectivity index is 1.72. The molecule has 1 saturated heterocycles. The molecule has 0 aromatic carbocycles. The minimum atomic E-state index is -0.659. The van der Waals surface area contributed by atoms with Crippen molar-refractivity contribution >= 4 is 5.91 Å². The van der Waals surface area contributed by atoms with Crippen molar-refractivity contribution in [3.05, 3.63) is 11.3 Å². The van der Waals surface area contributed by atoms with E-state index in [4.69, 9.17) is 4.74 Å². The molecule has 7 heteroatoms. The number of carbonyl (C=O) groups is 1. The van der Waals surface area contributed by atoms with Crippen LogP contribution in [0.4, 0.5) is 0 Å². The Hall–Kier alpha value is -2.07. The molecule has 0 spiro atoms. The largest absolute Gasteiger partial charge is 0.481 e. The van der Waals surface area contributed by atoms with Gasteiger partial charge >= 0.3 is 0 Å². The third-order valence-electron chi connectivity index (χ3n) is 5.50. The summed E-state index contributed by atoms with van der Waals surface area (Å²) in [5.74, 6) is 0.704. The van der Waals surface area contributed by atoms with Crippen molar-refractivity contribution in [3.8, 4) is 11.9 Å². The molecule has 1 atom stereocenters. The summed E-state index contributed by atoms with van der Waals surface area (Å²) in [4.78, 5) is 14.8. The predicted molar refractivity (Wildman–Crippen MR) is 93.0 cm³/mol. The van der Waals surface area contributed by atoms with Gasteiger partial charge in [-0.05, 0) is 52.0 Å². The van der Waals surface area contributed by atoms with Crippen molar-refractivity contribution in [2.45, 2.75) is 57.0 Å². The van der Waals surface area contributed by atoms with Gasteiger partial charge in [0.25, 0.3) is 0 Å². The van der Waals surface area contributed by atoms with Crippen LogP contribution in [0.3, 0.4) is 0 Å². The first kappa shape index (κ1) is 17.7. The maximum absolute atomic E-state index is 12.6. The molecule has 1 saturated carbocycles. The molecule has 3 rings (SSSR count). The van der Waals surface area contributed by atoms with Crippen LogP contribution in [-0.2, 0) is 11.8 Å². The number of nitrogens with zero attached hydrogens (tertiary/aromatic N) is 4. The fourth-order valence-corrected chi connectivity index (χ4v) is 4.36. The van der Waals surface area contributed by atoms with Crippen LogP contribution in [0.5, 0.6) is 5.88 Å². The van der Waals surface area contributed by atoms with E-state index in [1.165, 1.54) is 0 Å². The molecule has 1 aromatic rings. The summed E-state index contributed by atoms with van der Waals surface area (Å²) in [6, 6.07) is 2.46. The second-order valence-electron chi connectivity index (χ2n) is 7.21. The van der Waals surface area contributed by atoms with Crippen LogP contribution in [0, 0.1) is 18.3 Å². The van der Waals surface area contributed by atoms with E-state index in [1.807, 2.05) is 14.0 Å². The maximum atomic E-state index is 12.6. The average Bonchev–Trinajstić information content (AvgIpc) is 3.27. The summed E-state index contributed by atoms with van der Waals surface area (Å²) >= 11 is 0. The summed E-state index contributed by atoms with van der Waals surface area (Å²) in [5, 5.41) is 16.9. The Labute approximate surface area is 148 Å². The monoisotopic (exact) mass is 345 g/mol. The van der Waals surface area contributed by atoms with Crippen molar-refractivity contribution < 1.29 is 9.53 Å². The number of likely N-dealkylation sites (tertiary alicyclic amines) is 1. The zero-order valence-corrected chi connectivity index (χ0v) is 15.3. The Morgan fingerprint density at radius 1 is 1.44 bits per heavy atom. The molecule has 1 amide bonds. The highest BCUT2D eigenvalue weighted by atomic mass is 16.5. The standard InChI is InChI=1S/C18H27N5O2/c1-13-16(17(25-3)22(2)21-13)14-7-6-10-23(14)11-15(24)20-18(12-19)8-4-5-9-18/h14H,4-11H2,1-3H3,(H,20,24). The molecule has 1 aliphatic carbocycles. The molecule has 7 nitrogen and oxygen atoms in total. The molecular weight excluding hydrogens is 318 g/mol. The number of hydrogen-bond donors (Lipinski definition) is 1. The number of rotatable bonds is 5. The molecule has 136 valence electrons. The van der Waals surface area contributed by atoms with Gasteiger partial charge in [0.2, 0.25) is 11.8 Å². The van der Waals surface area contributed by atoms with E-state index in [0.717, 1.165) is 62.2 Å². The van der Waals surface area contributed by atoms with Gasteiger partial charge in [0.05, 0.1) is 31.0 Å². The summed E-state index contributed by atoms with van der Waals surface area (Å²) < 4.78 is 7.29. The van der Waals surface area contributed by atoms with E-state index in [1.54, 1.807) is 11.8 Å². The first-order valence-electron chi connectivity index (χ1n) is 9.03. The minimum Gasteiger partial charge on any atom is -0.481 e. The van der Waals surface area contributed by atoms with Gasteiger partial charge in [0, 0.05) is 13.1 Å². The van der Waals surface area contributed by atoms with Gasteiger partial charge < -0.3 is 10.1 Å². The normalized spacial score (nSPS) is 22.7. The molecule has 2 heterocycles. The van der Waals surface area contributed by atoms with Crippen molar-refractivity contribution in [2.75, 3.05) is 20.2 Å². The first-order valence-corrected chi connectivity index (χ1v) is 9.03. The lowest BCUT2D eigenvalue weighted by Crippen LogP contribution is -2.49. The molecule has 2 fully saturated rings. The van der Waals surface area contributed by atoms with E-state index in [2.05, 4.69) is 21.4 Å². The molecule has 1 aromatic heterocycles. The zero-order valence-electron chi connectivity index (χ0n) is 15.3. The van der Waals surface area contributed by atoms with Crippen molar-refractivity contribution in [2.24, 2.45) is 7.05 Å². The van der Waals surface area contributed by atoms with Gasteiger partial charge in [-0.2, -0.15) is 10.4 Å². The number of amides is 1. The highest BCUT2D eigenvalue weighted by molar-refractivity contribution is 5.79. The molecule has 0 bridgehead atoms. The van der Waals surface area contributed by atoms with Gasteiger partial charge in [-0.25, -0.2) is 4.68 Å². The van der Waals surface area contributed by atoms with E-state index in [9.17, 15) is 10.1 Å². The lowest BCUT2D eigenvalue weighted by atomic mass is 10.00. The van der Waals surface area contributed by atoms with Crippen LogP contribution < -0.4 is 10.1 Å². The maximum Gasteiger partial charge on any atom is 0.235 e. The second kappa shape index (κ2) is 7.04. The summed E-state index contributed by atoms with van der Waals surface area (Å²) in [6.45, 7) is 3.17. The zero-order chi connectivity index (χ0) is 18.0. The minimum absolute atomic E-state index is 0.0594. The number of nitriles is 1. The van der Waals surface area contributed by atoms with Crippen LogP contribution in [0.2, 0.25) is 0 Å². The van der Waals surface area contributed by atoms with Crippen molar-refractivity contribution in [1.29, 1.82) is 5.26 Å². The van der Waals surface area contributed by atoms with E-state index in [0.29, 0.717) is 6.54 Å². The highest BCUT2D eigenvalue weighted by Gasteiger charge is 2.37. The Kier molecular flexibility index (Phi) is 5.00. The number of methoxy groups -OCH3 is 1. The van der Waals surface area contributed by atoms with Crippen LogP contribution >= 0.6 is 0 Å². The topological polar surface area (TPSA) is 83.2 Å². The predicted octanol–water partition coefficient (Wildman–Crippen LogP) is 1.83. The lowest BCUT2D eigenvalue weighted by molar-refractivity contribution is -0.123. The summed E-state index contributed by atoms with van der Waals surface area (Å²) in [7, 11) is 3.53. The highest BCUT2D eigenvalue weighted by Crippen LogP contribution is 2.38. The van der Waals surface area contributed by atoms with Crippen LogP contribution in [0.25, 0.3) is 0 Å². The van der Waals surface area contributed by atoms with Gasteiger partial charge in [0.15, 0.2) is 0 Å². The third kappa shape index (κ3) is 3.36. The smallest absolute Gasteiger partial charge is 0.235 e. The number of aromatic nitrogens is 2. The number of aryl methyl sites for hydroxylation is 2. The van der Waals surface area contributed by atoms with Crippen molar-refractivity contribution in [1.82, 2.24) is 20.0 Å². The van der Waals surface area contributed by atoms with Crippen LogP contribution in [-0.4, -0.2) is 46.3 Å².